The summed E-state index contributed by atoms with van der Waals surface area (Å²) < 4.78 is 28.1. The van der Waals surface area contributed by atoms with E-state index in [0.717, 1.165) is 0 Å². The standard InChI is InChI=1S/C14H15ClF2N2O3/c1-18-11(20)9-7-8(15)3-4-10(9)19-12(21)14(16,17)13(22)5-2-6-13/h3-4,7,22H,2,5-6H2,1H3,(H,18,20)(H,19,21). The maximum absolute atomic E-state index is 14.0. The van der Waals surface area contributed by atoms with Crippen molar-refractivity contribution in [3.05, 3.63) is 28.8 Å². The topological polar surface area (TPSA) is 78.4 Å². The molecule has 1 aromatic carbocycles. The van der Waals surface area contributed by atoms with Gasteiger partial charge in [0.25, 0.3) is 11.8 Å². The highest BCUT2D eigenvalue weighted by atomic mass is 35.5. The zero-order chi connectivity index (χ0) is 16.5. The quantitative estimate of drug-likeness (QED) is 0.791. The highest BCUT2D eigenvalue weighted by Crippen LogP contribution is 2.44. The van der Waals surface area contributed by atoms with E-state index in [0.29, 0.717) is 6.42 Å². The van der Waals surface area contributed by atoms with Gasteiger partial charge in [0.05, 0.1) is 11.3 Å². The third-order valence-corrected chi connectivity index (χ3v) is 3.99. The molecule has 0 heterocycles. The monoisotopic (exact) mass is 332 g/mol. The van der Waals surface area contributed by atoms with E-state index >= 15 is 0 Å². The lowest BCUT2D eigenvalue weighted by Gasteiger charge is -2.41. The molecule has 0 bridgehead atoms. The molecule has 0 aliphatic heterocycles. The van der Waals surface area contributed by atoms with Crippen molar-refractivity contribution in [3.8, 4) is 0 Å². The number of carbonyl (C=O) groups excluding carboxylic acids is 2. The van der Waals surface area contributed by atoms with Crippen LogP contribution in [0.5, 0.6) is 0 Å². The molecule has 3 N–H and O–H groups in total. The summed E-state index contributed by atoms with van der Waals surface area (Å²) >= 11 is 5.77. The molecule has 8 heteroatoms. The van der Waals surface area contributed by atoms with Gasteiger partial charge in [-0.25, -0.2) is 0 Å². The fraction of sp³-hybridized carbons (Fsp3) is 0.429. The Balaban J connectivity index is 2.27. The molecule has 1 aliphatic rings. The SMILES string of the molecule is CNC(=O)c1cc(Cl)ccc1NC(=O)C(F)(F)C1(O)CCC1. The van der Waals surface area contributed by atoms with Crippen LogP contribution in [0.3, 0.4) is 0 Å². The van der Waals surface area contributed by atoms with Crippen LogP contribution in [-0.4, -0.2) is 35.5 Å². The third kappa shape index (κ3) is 2.78. The van der Waals surface area contributed by atoms with Crippen LogP contribution >= 0.6 is 11.6 Å². The fourth-order valence-electron chi connectivity index (χ4n) is 2.19. The van der Waals surface area contributed by atoms with Crippen LogP contribution in [-0.2, 0) is 4.79 Å². The first kappa shape index (κ1) is 16.6. The number of benzene rings is 1. The Morgan fingerprint density at radius 2 is 2.00 bits per heavy atom. The van der Waals surface area contributed by atoms with Gasteiger partial charge in [0, 0.05) is 12.1 Å². The van der Waals surface area contributed by atoms with Crippen molar-refractivity contribution >= 4 is 29.1 Å². The van der Waals surface area contributed by atoms with Gasteiger partial charge in [-0.15, -0.1) is 0 Å². The number of halogens is 3. The Labute approximate surface area is 130 Å². The molecule has 22 heavy (non-hydrogen) atoms. The molecule has 0 atom stereocenters. The van der Waals surface area contributed by atoms with Crippen LogP contribution in [0.15, 0.2) is 18.2 Å². The normalized spacial score (nSPS) is 16.6. The van der Waals surface area contributed by atoms with Crippen LogP contribution in [0.25, 0.3) is 0 Å². The molecule has 0 aromatic heterocycles. The van der Waals surface area contributed by atoms with Crippen LogP contribution in [0.1, 0.15) is 29.6 Å². The molecule has 120 valence electrons. The molecule has 5 nitrogen and oxygen atoms in total. The molecule has 1 aromatic rings. The number of nitrogens with one attached hydrogen (secondary N) is 2. The van der Waals surface area contributed by atoms with Gasteiger partial charge in [-0.3, -0.25) is 9.59 Å². The van der Waals surface area contributed by atoms with E-state index in [1.54, 1.807) is 0 Å². The largest absolute Gasteiger partial charge is 0.383 e. The summed E-state index contributed by atoms with van der Waals surface area (Å²) in [6, 6.07) is 3.87. The molecule has 0 radical (unpaired) electrons. The zero-order valence-electron chi connectivity index (χ0n) is 11.8. The van der Waals surface area contributed by atoms with E-state index in [9.17, 15) is 23.5 Å². The van der Waals surface area contributed by atoms with Gasteiger partial charge in [0.1, 0.15) is 5.60 Å². The van der Waals surface area contributed by atoms with Crippen molar-refractivity contribution in [1.29, 1.82) is 0 Å². The van der Waals surface area contributed by atoms with Gasteiger partial charge in [0.2, 0.25) is 0 Å². The van der Waals surface area contributed by atoms with Crippen LogP contribution in [0, 0.1) is 0 Å². The van der Waals surface area contributed by atoms with E-state index in [2.05, 4.69) is 5.32 Å². The molecule has 1 fully saturated rings. The highest BCUT2D eigenvalue weighted by Gasteiger charge is 2.61. The van der Waals surface area contributed by atoms with E-state index < -0.39 is 23.3 Å². The molecule has 2 rings (SSSR count). The van der Waals surface area contributed by atoms with Crippen molar-refractivity contribution in [3.63, 3.8) is 0 Å². The lowest BCUT2D eigenvalue weighted by atomic mass is 9.75. The first-order valence-electron chi connectivity index (χ1n) is 6.64. The van der Waals surface area contributed by atoms with Crippen LogP contribution in [0.4, 0.5) is 14.5 Å². The summed E-state index contributed by atoms with van der Waals surface area (Å²) in [6.07, 6.45) is 0.149. The Hall–Kier alpha value is -1.73. The van der Waals surface area contributed by atoms with Crippen molar-refractivity contribution in [1.82, 2.24) is 5.32 Å². The predicted octanol–water partition coefficient (Wildman–Crippen LogP) is 2.19. The summed E-state index contributed by atoms with van der Waals surface area (Å²) in [5.74, 6) is -6.17. The Kier molecular flexibility index (Phi) is 4.39. The van der Waals surface area contributed by atoms with Crippen molar-refractivity contribution < 1.29 is 23.5 Å². The smallest absolute Gasteiger partial charge is 0.352 e. The van der Waals surface area contributed by atoms with Gasteiger partial charge < -0.3 is 15.7 Å². The van der Waals surface area contributed by atoms with Crippen LogP contribution in [0.2, 0.25) is 5.02 Å². The molecule has 1 saturated carbocycles. The first-order valence-corrected chi connectivity index (χ1v) is 7.02. The second-order valence-corrected chi connectivity index (χ2v) is 5.62. The Morgan fingerprint density at radius 3 is 2.50 bits per heavy atom. The van der Waals surface area contributed by atoms with Crippen LogP contribution < -0.4 is 10.6 Å². The molecular formula is C14H15ClF2N2O3. The Bertz CT molecular complexity index is 618. The lowest BCUT2D eigenvalue weighted by molar-refractivity contribution is -0.212. The molecule has 2 amide bonds. The first-order chi connectivity index (χ1) is 10.2. The molecular weight excluding hydrogens is 318 g/mol. The van der Waals surface area contributed by atoms with Gasteiger partial charge in [-0.1, -0.05) is 11.6 Å². The van der Waals surface area contributed by atoms with Gasteiger partial charge in [0.15, 0.2) is 0 Å². The second-order valence-electron chi connectivity index (χ2n) is 5.18. The second kappa shape index (κ2) is 5.81. The minimum absolute atomic E-state index is 0.0419. The number of carbonyl (C=O) groups is 2. The van der Waals surface area contributed by atoms with Crippen molar-refractivity contribution in [2.24, 2.45) is 0 Å². The predicted molar refractivity (Wildman–Crippen MR) is 77.2 cm³/mol. The number of amides is 2. The summed E-state index contributed by atoms with van der Waals surface area (Å²) in [4.78, 5) is 23.6. The molecule has 0 saturated heterocycles. The summed E-state index contributed by atoms with van der Waals surface area (Å²) in [5, 5.41) is 14.3. The average molecular weight is 333 g/mol. The van der Waals surface area contributed by atoms with E-state index in [1.807, 2.05) is 5.32 Å². The molecule has 1 aliphatic carbocycles. The number of hydrogen-bond donors (Lipinski definition) is 3. The third-order valence-electron chi connectivity index (χ3n) is 3.75. The van der Waals surface area contributed by atoms with E-state index in [-0.39, 0.29) is 29.1 Å². The molecule has 0 spiro atoms. The van der Waals surface area contributed by atoms with Gasteiger partial charge >= 0.3 is 5.92 Å². The fourth-order valence-corrected chi connectivity index (χ4v) is 2.36. The lowest BCUT2D eigenvalue weighted by Crippen LogP contribution is -2.59. The minimum atomic E-state index is -3.94. The maximum Gasteiger partial charge on any atom is 0.352 e. The van der Waals surface area contributed by atoms with Crippen molar-refractivity contribution in [2.45, 2.75) is 30.8 Å². The number of aliphatic hydroxyl groups is 1. The average Bonchev–Trinajstić information content (AvgIpc) is 2.45. The maximum atomic E-state index is 14.0. The van der Waals surface area contributed by atoms with Gasteiger partial charge in [-0.05, 0) is 37.5 Å². The summed E-state index contributed by atoms with van der Waals surface area (Å²) in [6.45, 7) is 0. The summed E-state index contributed by atoms with van der Waals surface area (Å²) in [5.41, 5.74) is -2.47. The van der Waals surface area contributed by atoms with Gasteiger partial charge in [-0.2, -0.15) is 8.78 Å². The van der Waals surface area contributed by atoms with E-state index in [4.69, 9.17) is 11.6 Å². The van der Waals surface area contributed by atoms with Crippen molar-refractivity contribution in [2.75, 3.05) is 12.4 Å². The number of anilines is 1. The van der Waals surface area contributed by atoms with E-state index in [1.165, 1.54) is 25.2 Å². The molecule has 0 unspecified atom stereocenters. The summed E-state index contributed by atoms with van der Waals surface area (Å²) in [7, 11) is 1.36. The zero-order valence-corrected chi connectivity index (χ0v) is 12.5. The minimum Gasteiger partial charge on any atom is -0.383 e. The number of rotatable bonds is 4. The Morgan fingerprint density at radius 1 is 1.36 bits per heavy atom. The number of hydrogen-bond acceptors (Lipinski definition) is 3. The highest BCUT2D eigenvalue weighted by molar-refractivity contribution is 6.31. The number of alkyl halides is 2.